The molecule has 4 nitrogen and oxygen atoms in total. The third-order valence-corrected chi connectivity index (χ3v) is 3.62. The third kappa shape index (κ3) is 3.19. The largest absolute Gasteiger partial charge is 0.390 e. The summed E-state index contributed by atoms with van der Waals surface area (Å²) in [6, 6.07) is -1.40. The van der Waals surface area contributed by atoms with E-state index < -0.39 is 31.2 Å². The van der Waals surface area contributed by atoms with Crippen LogP contribution in [-0.2, 0) is 9.59 Å². The minimum Gasteiger partial charge on any atom is -0.343 e. The molecule has 2 aliphatic rings. The van der Waals surface area contributed by atoms with Gasteiger partial charge in [-0.3, -0.25) is 9.59 Å². The Labute approximate surface area is 109 Å². The number of nitrogens with zero attached hydrogens (tertiary/aromatic N) is 1. The fraction of sp³-hybridized carbons (Fsp3) is 0.833. The predicted molar refractivity (Wildman–Crippen MR) is 61.1 cm³/mol. The number of alkyl halides is 3. The number of hydrogen-bond acceptors (Lipinski definition) is 2. The molecule has 2 atom stereocenters. The monoisotopic (exact) mass is 278 g/mol. The SMILES string of the molecule is CCC1NC(=O)C(C2CC2)N(CCC(F)(F)F)C1=O. The Bertz CT molecular complexity index is 380. The number of rotatable bonds is 4. The van der Waals surface area contributed by atoms with Crippen LogP contribution in [0, 0.1) is 5.92 Å². The average Bonchev–Trinajstić information content (AvgIpc) is 3.12. The molecule has 2 rings (SSSR count). The fourth-order valence-electron chi connectivity index (χ4n) is 2.45. The molecule has 1 saturated carbocycles. The van der Waals surface area contributed by atoms with Crippen molar-refractivity contribution in [2.45, 2.75) is 50.9 Å². The number of piperazine rings is 1. The number of carbonyl (C=O) groups is 2. The maximum absolute atomic E-state index is 12.3. The van der Waals surface area contributed by atoms with E-state index in [4.69, 9.17) is 0 Å². The molecule has 19 heavy (non-hydrogen) atoms. The molecule has 1 N–H and O–H groups in total. The molecular formula is C12H17F3N2O2. The lowest BCUT2D eigenvalue weighted by Crippen LogP contribution is -2.64. The lowest BCUT2D eigenvalue weighted by molar-refractivity contribution is -0.159. The van der Waals surface area contributed by atoms with E-state index >= 15 is 0 Å². The van der Waals surface area contributed by atoms with E-state index in [2.05, 4.69) is 5.32 Å². The summed E-state index contributed by atoms with van der Waals surface area (Å²) in [6.07, 6.45) is -3.39. The molecule has 1 aliphatic carbocycles. The van der Waals surface area contributed by atoms with Crippen LogP contribution in [0.5, 0.6) is 0 Å². The minimum absolute atomic E-state index is 0.0231. The Kier molecular flexibility index (Phi) is 3.73. The van der Waals surface area contributed by atoms with Crippen LogP contribution in [0.15, 0.2) is 0 Å². The van der Waals surface area contributed by atoms with Gasteiger partial charge in [-0.1, -0.05) is 6.92 Å². The molecule has 7 heteroatoms. The van der Waals surface area contributed by atoms with Gasteiger partial charge in [-0.25, -0.2) is 0 Å². The number of amides is 2. The van der Waals surface area contributed by atoms with E-state index in [1.165, 1.54) is 0 Å². The number of halogens is 3. The van der Waals surface area contributed by atoms with E-state index in [-0.39, 0.29) is 17.7 Å². The van der Waals surface area contributed by atoms with E-state index in [0.29, 0.717) is 6.42 Å². The van der Waals surface area contributed by atoms with Crippen LogP contribution in [0.2, 0.25) is 0 Å². The fourth-order valence-corrected chi connectivity index (χ4v) is 2.45. The van der Waals surface area contributed by atoms with Crippen molar-refractivity contribution < 1.29 is 22.8 Å². The van der Waals surface area contributed by atoms with E-state index in [1.54, 1.807) is 6.92 Å². The summed E-state index contributed by atoms with van der Waals surface area (Å²) >= 11 is 0. The lowest BCUT2D eigenvalue weighted by atomic mass is 10.0. The third-order valence-electron chi connectivity index (χ3n) is 3.62. The summed E-state index contributed by atoms with van der Waals surface area (Å²) in [4.78, 5) is 25.2. The summed E-state index contributed by atoms with van der Waals surface area (Å²) in [5, 5.41) is 2.60. The topological polar surface area (TPSA) is 49.4 Å². The van der Waals surface area contributed by atoms with Crippen molar-refractivity contribution in [3.63, 3.8) is 0 Å². The van der Waals surface area contributed by atoms with Crippen molar-refractivity contribution in [1.29, 1.82) is 0 Å². The van der Waals surface area contributed by atoms with E-state index in [1.807, 2.05) is 0 Å². The van der Waals surface area contributed by atoms with Gasteiger partial charge in [-0.05, 0) is 25.2 Å². The van der Waals surface area contributed by atoms with Crippen molar-refractivity contribution in [3.05, 3.63) is 0 Å². The van der Waals surface area contributed by atoms with Gasteiger partial charge in [0.15, 0.2) is 0 Å². The molecule has 108 valence electrons. The first-order chi connectivity index (χ1) is 8.83. The molecule has 0 aromatic heterocycles. The van der Waals surface area contributed by atoms with E-state index in [9.17, 15) is 22.8 Å². The number of hydrogen-bond donors (Lipinski definition) is 1. The molecule has 0 spiro atoms. The normalized spacial score (nSPS) is 28.5. The van der Waals surface area contributed by atoms with Crippen LogP contribution in [-0.4, -0.2) is 41.5 Å². The molecule has 0 aromatic carbocycles. The van der Waals surface area contributed by atoms with Crippen LogP contribution >= 0.6 is 0 Å². The van der Waals surface area contributed by atoms with Gasteiger partial charge in [0.05, 0.1) is 6.42 Å². The molecular weight excluding hydrogens is 261 g/mol. The van der Waals surface area contributed by atoms with Gasteiger partial charge in [-0.15, -0.1) is 0 Å². The van der Waals surface area contributed by atoms with Crippen molar-refractivity contribution in [2.24, 2.45) is 5.92 Å². The van der Waals surface area contributed by atoms with E-state index in [0.717, 1.165) is 17.7 Å². The molecule has 1 aliphatic heterocycles. The van der Waals surface area contributed by atoms with Crippen LogP contribution < -0.4 is 5.32 Å². The smallest absolute Gasteiger partial charge is 0.343 e. The maximum Gasteiger partial charge on any atom is 0.390 e. The van der Waals surface area contributed by atoms with Gasteiger partial charge in [0.25, 0.3) is 0 Å². The molecule has 2 fully saturated rings. The highest BCUT2D eigenvalue weighted by molar-refractivity contribution is 5.97. The zero-order chi connectivity index (χ0) is 14.2. The molecule has 0 aromatic rings. The van der Waals surface area contributed by atoms with Crippen molar-refractivity contribution >= 4 is 11.8 Å². The Morgan fingerprint density at radius 2 is 1.95 bits per heavy atom. The molecule has 1 heterocycles. The van der Waals surface area contributed by atoms with Crippen molar-refractivity contribution in [3.8, 4) is 0 Å². The average molecular weight is 278 g/mol. The van der Waals surface area contributed by atoms with Gasteiger partial charge in [0, 0.05) is 6.54 Å². The molecule has 1 saturated heterocycles. The predicted octanol–water partition coefficient (Wildman–Crippen LogP) is 1.45. The van der Waals surface area contributed by atoms with Gasteiger partial charge < -0.3 is 10.2 Å². The van der Waals surface area contributed by atoms with Gasteiger partial charge in [-0.2, -0.15) is 13.2 Å². The zero-order valence-electron chi connectivity index (χ0n) is 10.7. The highest BCUT2D eigenvalue weighted by Crippen LogP contribution is 2.37. The standard InChI is InChI=1S/C12H17F3N2O2/c1-2-8-11(19)17(6-5-12(13,14)15)9(7-3-4-7)10(18)16-8/h7-9H,2-6H2,1H3,(H,16,18). The second-order valence-corrected chi connectivity index (χ2v) is 5.15. The van der Waals surface area contributed by atoms with Crippen LogP contribution in [0.3, 0.4) is 0 Å². The second-order valence-electron chi connectivity index (χ2n) is 5.15. The molecule has 0 bridgehead atoms. The Morgan fingerprint density at radius 1 is 1.32 bits per heavy atom. The summed E-state index contributed by atoms with van der Waals surface area (Å²) < 4.78 is 37.0. The highest BCUT2D eigenvalue weighted by Gasteiger charge is 2.48. The van der Waals surface area contributed by atoms with Gasteiger partial charge in [0.2, 0.25) is 11.8 Å². The lowest BCUT2D eigenvalue weighted by Gasteiger charge is -2.39. The van der Waals surface area contributed by atoms with Gasteiger partial charge in [0.1, 0.15) is 12.1 Å². The second kappa shape index (κ2) is 5.02. The summed E-state index contributed by atoms with van der Waals surface area (Å²) in [6.45, 7) is 1.30. The zero-order valence-corrected chi connectivity index (χ0v) is 10.7. The molecule has 2 unspecified atom stereocenters. The highest BCUT2D eigenvalue weighted by atomic mass is 19.4. The first kappa shape index (κ1) is 14.1. The molecule has 2 amide bonds. The minimum atomic E-state index is -4.32. The van der Waals surface area contributed by atoms with Crippen molar-refractivity contribution in [1.82, 2.24) is 10.2 Å². The quantitative estimate of drug-likeness (QED) is 0.846. The summed E-state index contributed by atoms with van der Waals surface area (Å²) in [5.41, 5.74) is 0. The Morgan fingerprint density at radius 3 is 2.42 bits per heavy atom. The Balaban J connectivity index is 2.12. The summed E-state index contributed by atoms with van der Waals surface area (Å²) in [5.74, 6) is -0.672. The van der Waals surface area contributed by atoms with Gasteiger partial charge >= 0.3 is 6.18 Å². The Hall–Kier alpha value is -1.27. The van der Waals surface area contributed by atoms with Crippen molar-refractivity contribution in [2.75, 3.05) is 6.54 Å². The number of carbonyl (C=O) groups excluding carboxylic acids is 2. The van der Waals surface area contributed by atoms with Crippen LogP contribution in [0.25, 0.3) is 0 Å². The first-order valence-electron chi connectivity index (χ1n) is 6.51. The maximum atomic E-state index is 12.3. The summed E-state index contributed by atoms with van der Waals surface area (Å²) in [7, 11) is 0. The number of nitrogens with one attached hydrogen (secondary N) is 1. The van der Waals surface area contributed by atoms with Crippen LogP contribution in [0.4, 0.5) is 13.2 Å². The van der Waals surface area contributed by atoms with Crippen LogP contribution in [0.1, 0.15) is 32.6 Å². The molecule has 0 radical (unpaired) electrons. The first-order valence-corrected chi connectivity index (χ1v) is 6.51.